The number of carboxylic acids is 1. The number of rotatable bonds is 4. The van der Waals surface area contributed by atoms with Gasteiger partial charge < -0.3 is 15.7 Å². The van der Waals surface area contributed by atoms with Crippen molar-refractivity contribution in [3.8, 4) is 0 Å². The van der Waals surface area contributed by atoms with Crippen molar-refractivity contribution in [2.75, 3.05) is 10.6 Å². The third kappa shape index (κ3) is 2.53. The van der Waals surface area contributed by atoms with Crippen LogP contribution in [0.3, 0.4) is 0 Å². The maximum atomic E-state index is 12.3. The monoisotopic (exact) mass is 348 g/mol. The summed E-state index contributed by atoms with van der Waals surface area (Å²) in [6.07, 6.45) is 3.34. The molecule has 0 saturated heterocycles. The molecule has 1 amide bonds. The van der Waals surface area contributed by atoms with Gasteiger partial charge in [-0.3, -0.25) is 14.6 Å². The minimum Gasteiger partial charge on any atom is -0.478 e. The van der Waals surface area contributed by atoms with Crippen LogP contribution < -0.4 is 10.6 Å². The fraction of sp³-hybridized carbons (Fsp3) is 0.0556. The fourth-order valence-corrected chi connectivity index (χ4v) is 2.86. The first-order chi connectivity index (χ1) is 12.5. The molecule has 1 aliphatic rings. The van der Waals surface area contributed by atoms with E-state index in [1.165, 1.54) is 18.2 Å². The minimum absolute atomic E-state index is 0.0490. The number of nitrogens with zero attached hydrogens (tertiary/aromatic N) is 2. The summed E-state index contributed by atoms with van der Waals surface area (Å²) in [5.41, 5.74) is 1.76. The number of amides is 1. The number of aromatic nitrogens is 2. The third-order valence-corrected chi connectivity index (χ3v) is 4.09. The molecule has 3 aromatic rings. The van der Waals surface area contributed by atoms with Gasteiger partial charge in [0.1, 0.15) is 0 Å². The highest BCUT2D eigenvalue weighted by Gasteiger charge is 2.33. The van der Waals surface area contributed by atoms with Gasteiger partial charge in [0.05, 0.1) is 22.3 Å². The van der Waals surface area contributed by atoms with Gasteiger partial charge in [-0.1, -0.05) is 12.1 Å². The molecule has 2 aromatic heterocycles. The first-order valence-electron chi connectivity index (χ1n) is 7.74. The molecule has 0 bridgehead atoms. The summed E-state index contributed by atoms with van der Waals surface area (Å²) in [5.74, 6) is -2.20. The van der Waals surface area contributed by atoms with Crippen LogP contribution in [0.5, 0.6) is 0 Å². The van der Waals surface area contributed by atoms with Gasteiger partial charge in [0.15, 0.2) is 5.82 Å². The second-order valence-electron chi connectivity index (χ2n) is 5.75. The molecule has 0 fully saturated rings. The van der Waals surface area contributed by atoms with E-state index in [1.54, 1.807) is 18.5 Å². The van der Waals surface area contributed by atoms with Crippen LogP contribution in [0, 0.1) is 0 Å². The van der Waals surface area contributed by atoms with E-state index in [2.05, 4.69) is 20.6 Å². The van der Waals surface area contributed by atoms with Gasteiger partial charge in [0.2, 0.25) is 0 Å². The summed E-state index contributed by atoms with van der Waals surface area (Å²) >= 11 is 0. The van der Waals surface area contributed by atoms with E-state index in [0.717, 1.165) is 5.56 Å². The molecule has 1 aliphatic heterocycles. The van der Waals surface area contributed by atoms with Crippen molar-refractivity contribution < 1.29 is 19.5 Å². The van der Waals surface area contributed by atoms with Crippen molar-refractivity contribution in [3.05, 3.63) is 59.4 Å². The number of hydrogen-bond acceptors (Lipinski definition) is 6. The number of carboxylic acid groups (broad SMARTS) is 1. The van der Waals surface area contributed by atoms with Gasteiger partial charge in [-0.05, 0) is 23.8 Å². The van der Waals surface area contributed by atoms with Crippen molar-refractivity contribution in [2.45, 2.75) is 6.54 Å². The van der Waals surface area contributed by atoms with Crippen LogP contribution in [0.25, 0.3) is 10.9 Å². The Morgan fingerprint density at radius 3 is 2.81 bits per heavy atom. The summed E-state index contributed by atoms with van der Waals surface area (Å²) in [6, 6.07) is 7.91. The molecule has 8 nitrogen and oxygen atoms in total. The van der Waals surface area contributed by atoms with Gasteiger partial charge in [0, 0.05) is 24.3 Å². The van der Waals surface area contributed by atoms with Crippen LogP contribution in [-0.2, 0) is 11.3 Å². The molecule has 0 unspecified atom stereocenters. The zero-order valence-corrected chi connectivity index (χ0v) is 13.3. The van der Waals surface area contributed by atoms with Crippen LogP contribution in [0.4, 0.5) is 11.5 Å². The van der Waals surface area contributed by atoms with Crippen LogP contribution in [-0.4, -0.2) is 32.7 Å². The van der Waals surface area contributed by atoms with E-state index in [1.807, 2.05) is 6.07 Å². The average molecular weight is 348 g/mol. The van der Waals surface area contributed by atoms with Crippen LogP contribution in [0.1, 0.15) is 26.3 Å². The van der Waals surface area contributed by atoms with Crippen molar-refractivity contribution in [3.63, 3.8) is 0 Å². The number of pyridine rings is 2. The zero-order valence-electron chi connectivity index (χ0n) is 13.3. The van der Waals surface area contributed by atoms with E-state index >= 15 is 0 Å². The molecular weight excluding hydrogens is 336 g/mol. The van der Waals surface area contributed by atoms with Crippen molar-refractivity contribution in [1.29, 1.82) is 0 Å². The smallest absolute Gasteiger partial charge is 0.335 e. The molecule has 26 heavy (non-hydrogen) atoms. The molecule has 0 atom stereocenters. The van der Waals surface area contributed by atoms with E-state index in [0.29, 0.717) is 29.0 Å². The average Bonchev–Trinajstić information content (AvgIpc) is 2.95. The Hall–Kier alpha value is -3.81. The first kappa shape index (κ1) is 15.7. The van der Waals surface area contributed by atoms with Crippen molar-refractivity contribution >= 4 is 40.1 Å². The highest BCUT2D eigenvalue weighted by Crippen LogP contribution is 2.36. The molecule has 1 aromatic carbocycles. The predicted octanol–water partition coefficient (Wildman–Crippen LogP) is 2.07. The maximum absolute atomic E-state index is 12.3. The maximum Gasteiger partial charge on any atom is 0.335 e. The molecule has 0 radical (unpaired) electrons. The second-order valence-corrected chi connectivity index (χ2v) is 5.75. The van der Waals surface area contributed by atoms with Crippen molar-refractivity contribution in [2.24, 2.45) is 0 Å². The molecule has 8 heteroatoms. The van der Waals surface area contributed by atoms with Gasteiger partial charge in [-0.15, -0.1) is 0 Å². The van der Waals surface area contributed by atoms with Crippen LogP contribution in [0.2, 0.25) is 0 Å². The molecule has 4 rings (SSSR count). The highest BCUT2D eigenvalue weighted by molar-refractivity contribution is 6.54. The molecule has 3 heterocycles. The Morgan fingerprint density at radius 2 is 2.08 bits per heavy atom. The Balaban J connectivity index is 1.84. The predicted molar refractivity (Wildman–Crippen MR) is 93.2 cm³/mol. The second kappa shape index (κ2) is 5.92. The SMILES string of the molecule is O=C1Nc2c(NCc3cccnc3)nc3cc(C(=O)O)ccc3c2C1=O. The lowest BCUT2D eigenvalue weighted by Crippen LogP contribution is -2.12. The number of nitrogens with one attached hydrogen (secondary N) is 2. The Bertz CT molecular complexity index is 1080. The number of benzene rings is 1. The van der Waals surface area contributed by atoms with E-state index in [9.17, 15) is 14.4 Å². The highest BCUT2D eigenvalue weighted by atomic mass is 16.4. The summed E-state index contributed by atoms with van der Waals surface area (Å²) in [5, 5.41) is 15.2. The van der Waals surface area contributed by atoms with E-state index in [-0.39, 0.29) is 11.1 Å². The molecule has 0 spiro atoms. The number of ketones is 1. The zero-order chi connectivity index (χ0) is 18.3. The Kier molecular flexibility index (Phi) is 3.58. The number of carbonyl (C=O) groups is 3. The number of Topliss-reactive ketones (excluding diaryl/α,β-unsaturated/α-hetero) is 1. The third-order valence-electron chi connectivity index (χ3n) is 4.09. The topological polar surface area (TPSA) is 121 Å². The van der Waals surface area contributed by atoms with Gasteiger partial charge in [-0.25, -0.2) is 9.78 Å². The van der Waals surface area contributed by atoms with Gasteiger partial charge in [0.25, 0.3) is 11.7 Å². The molecule has 0 saturated carbocycles. The Morgan fingerprint density at radius 1 is 1.23 bits per heavy atom. The number of aromatic carboxylic acids is 1. The van der Waals surface area contributed by atoms with Gasteiger partial charge >= 0.3 is 5.97 Å². The molecular formula is C18H12N4O4. The quantitative estimate of drug-likeness (QED) is 0.617. The normalized spacial score (nSPS) is 12.8. The molecule has 128 valence electrons. The van der Waals surface area contributed by atoms with Crippen molar-refractivity contribution in [1.82, 2.24) is 9.97 Å². The standard InChI is InChI=1S/C18H12N4O4/c23-15-13-11-4-3-10(18(25)26)6-12(11)21-16(14(13)22-17(15)24)20-8-9-2-1-5-19-7-9/h1-7H,8H2,(H,20,21)(H,25,26)(H,22,23,24). The lowest BCUT2D eigenvalue weighted by atomic mass is 10.0. The minimum atomic E-state index is -1.10. The fourth-order valence-electron chi connectivity index (χ4n) is 2.86. The number of fused-ring (bicyclic) bond motifs is 3. The summed E-state index contributed by atoms with van der Waals surface area (Å²) in [4.78, 5) is 43.8. The van der Waals surface area contributed by atoms with E-state index < -0.39 is 17.7 Å². The molecule has 3 N–H and O–H groups in total. The van der Waals surface area contributed by atoms with Crippen LogP contribution in [0.15, 0.2) is 42.7 Å². The van der Waals surface area contributed by atoms with Crippen LogP contribution >= 0.6 is 0 Å². The summed E-state index contributed by atoms with van der Waals surface area (Å²) in [7, 11) is 0. The Labute approximate surface area is 146 Å². The molecule has 0 aliphatic carbocycles. The first-order valence-corrected chi connectivity index (χ1v) is 7.74. The van der Waals surface area contributed by atoms with E-state index in [4.69, 9.17) is 5.11 Å². The largest absolute Gasteiger partial charge is 0.478 e. The lowest BCUT2D eigenvalue weighted by molar-refractivity contribution is -0.112. The lowest BCUT2D eigenvalue weighted by Gasteiger charge is -2.12. The number of anilines is 2. The summed E-state index contributed by atoms with van der Waals surface area (Å²) in [6.45, 7) is 0.376. The van der Waals surface area contributed by atoms with Gasteiger partial charge in [-0.2, -0.15) is 0 Å². The summed E-state index contributed by atoms with van der Waals surface area (Å²) < 4.78 is 0. The number of hydrogen-bond donors (Lipinski definition) is 3. The number of carbonyl (C=O) groups excluding carboxylic acids is 2.